The lowest BCUT2D eigenvalue weighted by atomic mass is 10.1. The number of rotatable bonds is 5. The molecule has 1 amide bonds. The summed E-state index contributed by atoms with van der Waals surface area (Å²) in [5.41, 5.74) is 1.05. The lowest BCUT2D eigenvalue weighted by Gasteiger charge is -2.09. The number of carbonyl (C=O) groups excluding carboxylic acids is 1. The molecular formula is C15H19N3O. The third kappa shape index (κ3) is 3.68. The molecule has 100 valence electrons. The first kappa shape index (κ1) is 13.3. The van der Waals surface area contributed by atoms with Gasteiger partial charge in [0.15, 0.2) is 0 Å². The van der Waals surface area contributed by atoms with Crippen molar-refractivity contribution in [2.45, 2.75) is 26.8 Å². The van der Waals surface area contributed by atoms with Crippen LogP contribution in [0, 0.1) is 5.92 Å². The van der Waals surface area contributed by atoms with E-state index in [-0.39, 0.29) is 5.91 Å². The maximum atomic E-state index is 11.6. The molecule has 2 rings (SSSR count). The zero-order chi connectivity index (χ0) is 13.7. The van der Waals surface area contributed by atoms with Crippen LogP contribution in [0.3, 0.4) is 0 Å². The molecule has 0 saturated carbocycles. The van der Waals surface area contributed by atoms with Gasteiger partial charge in [0.25, 0.3) is 0 Å². The van der Waals surface area contributed by atoms with Gasteiger partial charge >= 0.3 is 0 Å². The Morgan fingerprint density at radius 1 is 1.32 bits per heavy atom. The van der Waals surface area contributed by atoms with E-state index in [1.165, 1.54) is 0 Å². The summed E-state index contributed by atoms with van der Waals surface area (Å²) in [4.78, 5) is 15.9. The van der Waals surface area contributed by atoms with Crippen molar-refractivity contribution < 1.29 is 4.79 Å². The highest BCUT2D eigenvalue weighted by Crippen LogP contribution is 2.10. The number of hydrogen-bond acceptors (Lipinski definition) is 2. The van der Waals surface area contributed by atoms with Gasteiger partial charge < -0.3 is 9.88 Å². The Morgan fingerprint density at radius 2 is 2.05 bits per heavy atom. The Kier molecular flexibility index (Phi) is 4.34. The maximum Gasteiger partial charge on any atom is 0.220 e. The van der Waals surface area contributed by atoms with Crippen LogP contribution in [-0.4, -0.2) is 15.5 Å². The monoisotopic (exact) mass is 257 g/mol. The number of imidazole rings is 1. The van der Waals surface area contributed by atoms with Gasteiger partial charge in [-0.3, -0.25) is 4.79 Å². The second kappa shape index (κ2) is 6.18. The average Bonchev–Trinajstić information content (AvgIpc) is 2.85. The predicted octanol–water partition coefficient (Wildman–Crippen LogP) is 2.53. The molecule has 0 radical (unpaired) electrons. The van der Waals surface area contributed by atoms with Crippen molar-refractivity contribution in [2.24, 2.45) is 5.92 Å². The summed E-state index contributed by atoms with van der Waals surface area (Å²) < 4.78 is 1.98. The number of amides is 1. The van der Waals surface area contributed by atoms with Gasteiger partial charge in [-0.25, -0.2) is 4.98 Å². The number of nitrogens with one attached hydrogen (secondary N) is 1. The van der Waals surface area contributed by atoms with Crippen molar-refractivity contribution in [3.63, 3.8) is 0 Å². The highest BCUT2D eigenvalue weighted by Gasteiger charge is 2.08. The molecule has 0 spiro atoms. The number of nitrogens with zero attached hydrogens (tertiary/aromatic N) is 2. The van der Waals surface area contributed by atoms with Crippen molar-refractivity contribution in [3.05, 3.63) is 48.5 Å². The molecule has 1 heterocycles. The van der Waals surface area contributed by atoms with Crippen LogP contribution in [-0.2, 0) is 11.3 Å². The number of hydrogen-bond donors (Lipinski definition) is 1. The van der Waals surface area contributed by atoms with E-state index in [4.69, 9.17) is 0 Å². The standard InChI is InChI=1S/C15H19N3O/c1-12(2)10-15(19)17-11-14-16-8-9-18(14)13-6-4-3-5-7-13/h3-9,12H,10-11H2,1-2H3,(H,17,19). The van der Waals surface area contributed by atoms with Crippen LogP contribution in [0.25, 0.3) is 5.69 Å². The molecule has 0 atom stereocenters. The highest BCUT2D eigenvalue weighted by molar-refractivity contribution is 5.75. The Hall–Kier alpha value is -2.10. The summed E-state index contributed by atoms with van der Waals surface area (Å²) in [6, 6.07) is 9.97. The molecule has 0 aliphatic carbocycles. The van der Waals surface area contributed by atoms with Gasteiger partial charge in [-0.15, -0.1) is 0 Å². The second-order valence-corrected chi connectivity index (χ2v) is 4.92. The number of benzene rings is 1. The summed E-state index contributed by atoms with van der Waals surface area (Å²) >= 11 is 0. The van der Waals surface area contributed by atoms with Crippen LogP contribution < -0.4 is 5.32 Å². The van der Waals surface area contributed by atoms with Gasteiger partial charge in [0.2, 0.25) is 5.91 Å². The Labute approximate surface area is 113 Å². The van der Waals surface area contributed by atoms with Crippen LogP contribution in [0.4, 0.5) is 0 Å². The normalized spacial score (nSPS) is 10.7. The Bertz CT molecular complexity index is 531. The van der Waals surface area contributed by atoms with E-state index < -0.39 is 0 Å². The fourth-order valence-corrected chi connectivity index (χ4v) is 1.91. The minimum Gasteiger partial charge on any atom is -0.349 e. The molecular weight excluding hydrogens is 238 g/mol. The SMILES string of the molecule is CC(C)CC(=O)NCc1nccn1-c1ccccc1. The predicted molar refractivity (Wildman–Crippen MR) is 74.9 cm³/mol. The van der Waals surface area contributed by atoms with Crippen molar-refractivity contribution >= 4 is 5.91 Å². The molecule has 2 aromatic rings. The fourth-order valence-electron chi connectivity index (χ4n) is 1.91. The molecule has 0 unspecified atom stereocenters. The van der Waals surface area contributed by atoms with E-state index in [1.54, 1.807) is 6.20 Å². The number of para-hydroxylation sites is 1. The molecule has 0 aliphatic heterocycles. The fraction of sp³-hybridized carbons (Fsp3) is 0.333. The molecule has 1 aromatic carbocycles. The van der Waals surface area contributed by atoms with Gasteiger partial charge in [0, 0.05) is 24.5 Å². The number of carbonyl (C=O) groups is 1. The minimum absolute atomic E-state index is 0.0672. The Balaban J connectivity index is 2.03. The summed E-state index contributed by atoms with van der Waals surface area (Å²) in [6.45, 7) is 4.52. The average molecular weight is 257 g/mol. The van der Waals surface area contributed by atoms with Crippen LogP contribution in [0.15, 0.2) is 42.7 Å². The van der Waals surface area contributed by atoms with E-state index >= 15 is 0 Å². The van der Waals surface area contributed by atoms with Gasteiger partial charge in [-0.2, -0.15) is 0 Å². The van der Waals surface area contributed by atoms with Gasteiger partial charge in [-0.05, 0) is 18.1 Å². The van der Waals surface area contributed by atoms with E-state index in [1.807, 2.05) is 54.9 Å². The maximum absolute atomic E-state index is 11.6. The summed E-state index contributed by atoms with van der Waals surface area (Å²) in [6.07, 6.45) is 4.20. The van der Waals surface area contributed by atoms with Crippen molar-refractivity contribution in [3.8, 4) is 5.69 Å². The second-order valence-electron chi connectivity index (χ2n) is 4.92. The molecule has 0 saturated heterocycles. The highest BCUT2D eigenvalue weighted by atomic mass is 16.1. The van der Waals surface area contributed by atoms with Crippen LogP contribution in [0.1, 0.15) is 26.1 Å². The molecule has 4 nitrogen and oxygen atoms in total. The first-order valence-electron chi connectivity index (χ1n) is 6.51. The van der Waals surface area contributed by atoms with Crippen molar-refractivity contribution in [2.75, 3.05) is 0 Å². The lowest BCUT2D eigenvalue weighted by molar-refractivity contribution is -0.122. The molecule has 4 heteroatoms. The molecule has 0 fully saturated rings. The summed E-state index contributed by atoms with van der Waals surface area (Å²) in [5.74, 6) is 1.27. The molecule has 0 bridgehead atoms. The zero-order valence-corrected chi connectivity index (χ0v) is 11.3. The van der Waals surface area contributed by atoms with E-state index in [0.29, 0.717) is 18.9 Å². The van der Waals surface area contributed by atoms with Crippen LogP contribution in [0.5, 0.6) is 0 Å². The Morgan fingerprint density at radius 3 is 2.74 bits per heavy atom. The largest absolute Gasteiger partial charge is 0.349 e. The van der Waals surface area contributed by atoms with Gasteiger partial charge in [-0.1, -0.05) is 32.0 Å². The van der Waals surface area contributed by atoms with Crippen LogP contribution in [0.2, 0.25) is 0 Å². The van der Waals surface area contributed by atoms with Gasteiger partial charge in [0.1, 0.15) is 5.82 Å². The number of aromatic nitrogens is 2. The summed E-state index contributed by atoms with van der Waals surface area (Å²) in [7, 11) is 0. The van der Waals surface area contributed by atoms with Crippen LogP contribution >= 0.6 is 0 Å². The molecule has 0 aliphatic rings. The first-order valence-corrected chi connectivity index (χ1v) is 6.51. The molecule has 1 aromatic heterocycles. The van der Waals surface area contributed by atoms with E-state index in [2.05, 4.69) is 10.3 Å². The topological polar surface area (TPSA) is 46.9 Å². The summed E-state index contributed by atoms with van der Waals surface area (Å²) in [5, 5.41) is 2.90. The van der Waals surface area contributed by atoms with Crippen molar-refractivity contribution in [1.82, 2.24) is 14.9 Å². The lowest BCUT2D eigenvalue weighted by Crippen LogP contribution is -2.25. The van der Waals surface area contributed by atoms with Crippen molar-refractivity contribution in [1.29, 1.82) is 0 Å². The van der Waals surface area contributed by atoms with E-state index in [0.717, 1.165) is 11.5 Å². The first-order chi connectivity index (χ1) is 9.16. The molecule has 19 heavy (non-hydrogen) atoms. The smallest absolute Gasteiger partial charge is 0.220 e. The zero-order valence-electron chi connectivity index (χ0n) is 11.3. The van der Waals surface area contributed by atoms with Gasteiger partial charge in [0.05, 0.1) is 6.54 Å². The quantitative estimate of drug-likeness (QED) is 0.894. The third-order valence-electron chi connectivity index (χ3n) is 2.79. The van der Waals surface area contributed by atoms with E-state index in [9.17, 15) is 4.79 Å². The third-order valence-corrected chi connectivity index (χ3v) is 2.79. The molecule has 1 N–H and O–H groups in total. The minimum atomic E-state index is 0.0672.